The van der Waals surface area contributed by atoms with Gasteiger partial charge in [-0.05, 0) is 38.0 Å². The van der Waals surface area contributed by atoms with Crippen LogP contribution >= 0.6 is 0 Å². The highest BCUT2D eigenvalue weighted by Crippen LogP contribution is 2.31. The number of nitrogens with one attached hydrogen (secondary N) is 1. The molecule has 0 aromatic heterocycles. The molecule has 1 aliphatic carbocycles. The molecular weight excluding hydrogens is 234 g/mol. The SMILES string of the molecule is O=C(O)CCCC(=O)NC1CCC2CCC1OC2. The molecule has 3 atom stereocenters. The highest BCUT2D eigenvalue weighted by atomic mass is 16.5. The summed E-state index contributed by atoms with van der Waals surface area (Å²) in [5.74, 6) is -0.232. The number of ether oxygens (including phenoxy) is 1. The first-order valence-corrected chi connectivity index (χ1v) is 6.78. The first-order valence-electron chi connectivity index (χ1n) is 6.78. The van der Waals surface area contributed by atoms with E-state index in [1.54, 1.807) is 0 Å². The molecule has 1 saturated carbocycles. The van der Waals surface area contributed by atoms with Crippen LogP contribution in [-0.4, -0.2) is 35.7 Å². The summed E-state index contributed by atoms with van der Waals surface area (Å²) < 4.78 is 5.75. The summed E-state index contributed by atoms with van der Waals surface area (Å²) in [5, 5.41) is 11.5. The Morgan fingerprint density at radius 3 is 2.61 bits per heavy atom. The maximum atomic E-state index is 11.7. The molecule has 2 N–H and O–H groups in total. The number of hydrogen-bond donors (Lipinski definition) is 2. The lowest BCUT2D eigenvalue weighted by molar-refractivity contribution is -0.137. The van der Waals surface area contributed by atoms with Crippen LogP contribution in [0.5, 0.6) is 0 Å². The van der Waals surface area contributed by atoms with Crippen molar-refractivity contribution in [2.45, 2.75) is 57.1 Å². The molecule has 0 aromatic rings. The van der Waals surface area contributed by atoms with Gasteiger partial charge in [-0.1, -0.05) is 0 Å². The maximum absolute atomic E-state index is 11.7. The number of rotatable bonds is 5. The fraction of sp³-hybridized carbons (Fsp3) is 0.846. The predicted molar refractivity (Wildman–Crippen MR) is 65.1 cm³/mol. The highest BCUT2D eigenvalue weighted by molar-refractivity contribution is 5.77. The predicted octanol–water partition coefficient (Wildman–Crippen LogP) is 1.32. The molecule has 102 valence electrons. The first kappa shape index (κ1) is 13.3. The van der Waals surface area contributed by atoms with Gasteiger partial charge in [0.15, 0.2) is 0 Å². The summed E-state index contributed by atoms with van der Waals surface area (Å²) >= 11 is 0. The summed E-state index contributed by atoms with van der Waals surface area (Å²) in [5.41, 5.74) is 0. The van der Waals surface area contributed by atoms with Crippen LogP contribution in [0.4, 0.5) is 0 Å². The average molecular weight is 255 g/mol. The number of hydrogen-bond acceptors (Lipinski definition) is 3. The van der Waals surface area contributed by atoms with E-state index in [4.69, 9.17) is 9.84 Å². The third kappa shape index (κ3) is 3.70. The molecule has 18 heavy (non-hydrogen) atoms. The third-order valence-corrected chi connectivity index (χ3v) is 3.88. The van der Waals surface area contributed by atoms with Gasteiger partial charge in [0.25, 0.3) is 0 Å². The topological polar surface area (TPSA) is 75.6 Å². The zero-order valence-electron chi connectivity index (χ0n) is 10.6. The molecule has 2 bridgehead atoms. The Hall–Kier alpha value is -1.10. The number of fused-ring (bicyclic) bond motifs is 4. The molecule has 2 saturated heterocycles. The third-order valence-electron chi connectivity index (χ3n) is 3.88. The molecule has 3 fully saturated rings. The van der Waals surface area contributed by atoms with Crippen molar-refractivity contribution in [1.29, 1.82) is 0 Å². The lowest BCUT2D eigenvalue weighted by atomic mass is 10.00. The number of amides is 1. The fourth-order valence-electron chi connectivity index (χ4n) is 2.82. The Morgan fingerprint density at radius 2 is 1.94 bits per heavy atom. The second-order valence-corrected chi connectivity index (χ2v) is 5.31. The molecule has 0 radical (unpaired) electrons. The molecule has 3 unspecified atom stereocenters. The van der Waals surface area contributed by atoms with Crippen LogP contribution in [0, 0.1) is 5.92 Å². The minimum absolute atomic E-state index is 0.0461. The van der Waals surface area contributed by atoms with Crippen molar-refractivity contribution >= 4 is 11.9 Å². The van der Waals surface area contributed by atoms with Crippen LogP contribution < -0.4 is 5.32 Å². The van der Waals surface area contributed by atoms with Crippen LogP contribution in [0.3, 0.4) is 0 Å². The molecule has 5 nitrogen and oxygen atoms in total. The van der Waals surface area contributed by atoms with Gasteiger partial charge in [-0.25, -0.2) is 0 Å². The smallest absolute Gasteiger partial charge is 0.303 e. The Bertz CT molecular complexity index is 310. The summed E-state index contributed by atoms with van der Waals surface area (Å²) in [6.45, 7) is 0.829. The van der Waals surface area contributed by atoms with E-state index in [2.05, 4.69) is 5.32 Å². The quantitative estimate of drug-likeness (QED) is 0.776. The molecule has 2 heterocycles. The second kappa shape index (κ2) is 6.18. The van der Waals surface area contributed by atoms with E-state index in [1.807, 2.05) is 0 Å². The monoisotopic (exact) mass is 255 g/mol. The van der Waals surface area contributed by atoms with Gasteiger partial charge in [0.05, 0.1) is 12.1 Å². The molecule has 1 amide bonds. The summed E-state index contributed by atoms with van der Waals surface area (Å²) in [6, 6.07) is 0.120. The Labute approximate surface area is 107 Å². The Kier molecular flexibility index (Phi) is 4.58. The number of carbonyl (C=O) groups excluding carboxylic acids is 1. The van der Waals surface area contributed by atoms with Crippen LogP contribution in [0.25, 0.3) is 0 Å². The van der Waals surface area contributed by atoms with Gasteiger partial charge >= 0.3 is 5.97 Å². The van der Waals surface area contributed by atoms with Gasteiger partial charge in [-0.15, -0.1) is 0 Å². The van der Waals surface area contributed by atoms with Crippen molar-refractivity contribution in [3.63, 3.8) is 0 Å². The van der Waals surface area contributed by atoms with Crippen LogP contribution in [0.1, 0.15) is 44.9 Å². The van der Waals surface area contributed by atoms with Gasteiger partial charge in [0.2, 0.25) is 5.91 Å². The van der Waals surface area contributed by atoms with Crippen molar-refractivity contribution in [2.75, 3.05) is 6.61 Å². The fourth-order valence-corrected chi connectivity index (χ4v) is 2.82. The minimum Gasteiger partial charge on any atom is -0.481 e. The first-order chi connectivity index (χ1) is 8.65. The summed E-state index contributed by atoms with van der Waals surface area (Å²) in [7, 11) is 0. The van der Waals surface area contributed by atoms with Crippen LogP contribution in [0.15, 0.2) is 0 Å². The number of carboxylic acids is 1. The lowest BCUT2D eigenvalue weighted by Crippen LogP contribution is -2.44. The molecule has 3 aliphatic rings. The number of aliphatic carboxylic acids is 1. The molecule has 0 spiro atoms. The zero-order valence-corrected chi connectivity index (χ0v) is 10.6. The van der Waals surface area contributed by atoms with Gasteiger partial charge in [-0.2, -0.15) is 0 Å². The van der Waals surface area contributed by atoms with Crippen molar-refractivity contribution in [3.8, 4) is 0 Å². The lowest BCUT2D eigenvalue weighted by Gasteiger charge is -2.28. The molecule has 2 aliphatic heterocycles. The van der Waals surface area contributed by atoms with Crippen LogP contribution in [-0.2, 0) is 14.3 Å². The molecule has 3 rings (SSSR count). The summed E-state index contributed by atoms with van der Waals surface area (Å²) in [4.78, 5) is 22.1. The van der Waals surface area contributed by atoms with Gasteiger partial charge in [-0.3, -0.25) is 9.59 Å². The van der Waals surface area contributed by atoms with Gasteiger partial charge in [0.1, 0.15) is 0 Å². The van der Waals surface area contributed by atoms with Crippen LogP contribution in [0.2, 0.25) is 0 Å². The van der Waals surface area contributed by atoms with E-state index < -0.39 is 5.97 Å². The van der Waals surface area contributed by atoms with E-state index in [9.17, 15) is 9.59 Å². The van der Waals surface area contributed by atoms with Crippen molar-refractivity contribution in [3.05, 3.63) is 0 Å². The van der Waals surface area contributed by atoms with Gasteiger partial charge in [0, 0.05) is 19.4 Å². The Morgan fingerprint density at radius 1 is 1.17 bits per heavy atom. The van der Waals surface area contributed by atoms with E-state index >= 15 is 0 Å². The average Bonchev–Trinajstić information content (AvgIpc) is 2.63. The number of carboxylic acid groups (broad SMARTS) is 1. The van der Waals surface area contributed by atoms with E-state index in [0.717, 1.165) is 25.9 Å². The molecular formula is C13H21NO4. The minimum atomic E-state index is -0.848. The van der Waals surface area contributed by atoms with Crippen molar-refractivity contribution < 1.29 is 19.4 Å². The summed E-state index contributed by atoms with van der Waals surface area (Å²) in [6.07, 6.45) is 5.26. The van der Waals surface area contributed by atoms with E-state index in [1.165, 1.54) is 6.42 Å². The largest absolute Gasteiger partial charge is 0.481 e. The number of carbonyl (C=O) groups is 2. The second-order valence-electron chi connectivity index (χ2n) is 5.31. The molecule has 0 aromatic carbocycles. The highest BCUT2D eigenvalue weighted by Gasteiger charge is 2.33. The standard InChI is InChI=1S/C13H21NO4/c15-12(2-1-3-13(16)17)14-10-6-4-9-5-7-11(10)18-8-9/h9-11H,1-8H2,(H,14,15)(H,16,17). The van der Waals surface area contributed by atoms with E-state index in [0.29, 0.717) is 18.8 Å². The molecule has 5 heteroatoms. The normalized spacial score (nSPS) is 30.8. The van der Waals surface area contributed by atoms with Gasteiger partial charge < -0.3 is 15.2 Å². The maximum Gasteiger partial charge on any atom is 0.303 e. The van der Waals surface area contributed by atoms with E-state index in [-0.39, 0.29) is 24.5 Å². The van der Waals surface area contributed by atoms with Crippen molar-refractivity contribution in [2.24, 2.45) is 5.92 Å². The zero-order chi connectivity index (χ0) is 13.0. The Balaban J connectivity index is 1.74. The van der Waals surface area contributed by atoms with Crippen molar-refractivity contribution in [1.82, 2.24) is 5.32 Å².